The number of nitrogens with one attached hydrogen (secondary N) is 1. The molecule has 2 unspecified atom stereocenters. The Hall–Kier alpha value is 0.1000. The number of alkyl halides is 3. The van der Waals surface area contributed by atoms with Crippen molar-refractivity contribution in [3.8, 4) is 0 Å². The van der Waals surface area contributed by atoms with Gasteiger partial charge in [-0.3, -0.25) is 9.89 Å². The Labute approximate surface area is 164 Å². The zero-order valence-corrected chi connectivity index (χ0v) is 17.6. The van der Waals surface area contributed by atoms with E-state index in [2.05, 4.69) is 29.1 Å². The van der Waals surface area contributed by atoms with Crippen molar-refractivity contribution in [2.45, 2.75) is 37.7 Å². The van der Waals surface area contributed by atoms with Gasteiger partial charge in [0.25, 0.3) is 0 Å². The van der Waals surface area contributed by atoms with Crippen molar-refractivity contribution >= 4 is 41.7 Å². The summed E-state index contributed by atoms with van der Waals surface area (Å²) in [5.74, 6) is 2.50. The molecule has 2 aliphatic heterocycles. The van der Waals surface area contributed by atoms with Crippen LogP contribution in [-0.2, 0) is 0 Å². The Balaban J connectivity index is 0.00000288. The Morgan fingerprint density at radius 3 is 2.58 bits per heavy atom. The fourth-order valence-corrected chi connectivity index (χ4v) is 4.40. The minimum Gasteiger partial charge on any atom is -0.352 e. The van der Waals surface area contributed by atoms with Gasteiger partial charge in [-0.05, 0) is 12.3 Å². The van der Waals surface area contributed by atoms with Crippen LogP contribution in [0.3, 0.4) is 0 Å². The van der Waals surface area contributed by atoms with E-state index < -0.39 is 12.7 Å². The van der Waals surface area contributed by atoms with Crippen LogP contribution in [0.15, 0.2) is 4.99 Å². The van der Waals surface area contributed by atoms with Crippen molar-refractivity contribution in [2.24, 2.45) is 10.9 Å². The van der Waals surface area contributed by atoms with Crippen LogP contribution in [0, 0.1) is 5.92 Å². The topological polar surface area (TPSA) is 30.9 Å². The molecule has 0 bridgehead atoms. The SMILES string of the molecule is CN=C(NC1CCN(CC(F)(F)F)C1)N1CCSC(C(C)C)C1.I. The van der Waals surface area contributed by atoms with Gasteiger partial charge in [0.2, 0.25) is 0 Å². The first-order chi connectivity index (χ1) is 10.8. The zero-order valence-electron chi connectivity index (χ0n) is 14.5. The van der Waals surface area contributed by atoms with Gasteiger partial charge in [-0.2, -0.15) is 24.9 Å². The van der Waals surface area contributed by atoms with Crippen molar-refractivity contribution in [3.05, 3.63) is 0 Å². The molecule has 2 heterocycles. The monoisotopic (exact) mass is 480 g/mol. The summed E-state index contributed by atoms with van der Waals surface area (Å²) in [5.41, 5.74) is 0. The van der Waals surface area contributed by atoms with Crippen molar-refractivity contribution in [1.29, 1.82) is 0 Å². The second-order valence-corrected chi connectivity index (χ2v) is 7.97. The first-order valence-corrected chi connectivity index (χ1v) is 9.22. The number of halogens is 4. The third kappa shape index (κ3) is 6.78. The molecule has 9 heteroatoms. The number of aliphatic imine (C=N–C) groups is 1. The molecule has 2 saturated heterocycles. The van der Waals surface area contributed by atoms with Gasteiger partial charge in [-0.25, -0.2) is 0 Å². The lowest BCUT2D eigenvalue weighted by molar-refractivity contribution is -0.143. The molecule has 2 rings (SSSR count). The van der Waals surface area contributed by atoms with E-state index >= 15 is 0 Å². The molecule has 0 aromatic carbocycles. The highest BCUT2D eigenvalue weighted by atomic mass is 127. The molecule has 0 saturated carbocycles. The molecule has 0 aliphatic carbocycles. The molecule has 24 heavy (non-hydrogen) atoms. The van der Waals surface area contributed by atoms with Gasteiger partial charge < -0.3 is 10.2 Å². The van der Waals surface area contributed by atoms with Gasteiger partial charge in [0.15, 0.2) is 5.96 Å². The largest absolute Gasteiger partial charge is 0.401 e. The highest BCUT2D eigenvalue weighted by molar-refractivity contribution is 14.0. The van der Waals surface area contributed by atoms with E-state index in [1.54, 1.807) is 7.05 Å². The summed E-state index contributed by atoms with van der Waals surface area (Å²) in [5, 5.41) is 3.94. The molecule has 0 aromatic heterocycles. The Kier molecular flexibility index (Phi) is 8.95. The number of likely N-dealkylation sites (tertiary alicyclic amines) is 1. The molecular weight excluding hydrogens is 452 g/mol. The van der Waals surface area contributed by atoms with Gasteiger partial charge in [0.05, 0.1) is 6.54 Å². The maximum absolute atomic E-state index is 12.5. The van der Waals surface area contributed by atoms with E-state index in [1.165, 1.54) is 4.90 Å². The lowest BCUT2D eigenvalue weighted by atomic mass is 10.1. The minimum atomic E-state index is -4.12. The van der Waals surface area contributed by atoms with Gasteiger partial charge in [-0.15, -0.1) is 24.0 Å². The fourth-order valence-electron chi connectivity index (χ4n) is 3.10. The maximum Gasteiger partial charge on any atom is 0.401 e. The van der Waals surface area contributed by atoms with E-state index in [9.17, 15) is 13.2 Å². The van der Waals surface area contributed by atoms with Gasteiger partial charge in [0.1, 0.15) is 0 Å². The Morgan fingerprint density at radius 2 is 2.00 bits per heavy atom. The fraction of sp³-hybridized carbons (Fsp3) is 0.933. The van der Waals surface area contributed by atoms with E-state index in [1.807, 2.05) is 11.8 Å². The Morgan fingerprint density at radius 1 is 1.29 bits per heavy atom. The molecule has 0 radical (unpaired) electrons. The summed E-state index contributed by atoms with van der Waals surface area (Å²) in [7, 11) is 1.75. The van der Waals surface area contributed by atoms with Crippen LogP contribution in [0.1, 0.15) is 20.3 Å². The number of rotatable bonds is 3. The summed E-state index contributed by atoms with van der Waals surface area (Å²) in [6.07, 6.45) is -3.39. The van der Waals surface area contributed by atoms with E-state index in [0.29, 0.717) is 24.3 Å². The lowest BCUT2D eigenvalue weighted by Crippen LogP contribution is -2.52. The molecule has 4 nitrogen and oxygen atoms in total. The van der Waals surface area contributed by atoms with Gasteiger partial charge >= 0.3 is 6.18 Å². The average Bonchev–Trinajstić information content (AvgIpc) is 2.90. The van der Waals surface area contributed by atoms with Crippen molar-refractivity contribution in [2.75, 3.05) is 45.5 Å². The van der Waals surface area contributed by atoms with E-state index in [4.69, 9.17) is 0 Å². The second-order valence-electron chi connectivity index (χ2n) is 6.63. The quantitative estimate of drug-likeness (QED) is 0.383. The summed E-state index contributed by atoms with van der Waals surface area (Å²) < 4.78 is 37.4. The van der Waals surface area contributed by atoms with Crippen LogP contribution in [-0.4, -0.2) is 78.8 Å². The second kappa shape index (κ2) is 9.70. The molecule has 142 valence electrons. The average molecular weight is 480 g/mol. The number of hydrogen-bond donors (Lipinski definition) is 1. The van der Waals surface area contributed by atoms with Gasteiger partial charge in [-0.1, -0.05) is 13.8 Å². The lowest BCUT2D eigenvalue weighted by Gasteiger charge is -2.37. The number of nitrogens with zero attached hydrogens (tertiary/aromatic N) is 3. The standard InChI is InChI=1S/C15H27F3N4S.HI/c1-11(2)13-9-22(6-7-23-13)14(19-3)20-12-4-5-21(8-12)10-15(16,17)18;/h11-13H,4-10H2,1-3H3,(H,19,20);1H. The van der Waals surface area contributed by atoms with Crippen molar-refractivity contribution in [1.82, 2.24) is 15.1 Å². The van der Waals surface area contributed by atoms with Crippen LogP contribution in [0.2, 0.25) is 0 Å². The van der Waals surface area contributed by atoms with Crippen LogP contribution in [0.4, 0.5) is 13.2 Å². The molecule has 2 fully saturated rings. The maximum atomic E-state index is 12.5. The predicted molar refractivity (Wildman–Crippen MR) is 105 cm³/mol. The molecule has 0 spiro atoms. The summed E-state index contributed by atoms with van der Waals surface area (Å²) >= 11 is 1.99. The summed E-state index contributed by atoms with van der Waals surface area (Å²) in [4.78, 5) is 8.06. The summed E-state index contributed by atoms with van der Waals surface area (Å²) in [6, 6.07) is 0.0446. The van der Waals surface area contributed by atoms with E-state index in [0.717, 1.165) is 31.2 Å². The summed E-state index contributed by atoms with van der Waals surface area (Å²) in [6.45, 7) is 6.42. The molecule has 0 aromatic rings. The van der Waals surface area contributed by atoms with Gasteiger partial charge in [0, 0.05) is 50.3 Å². The highest BCUT2D eigenvalue weighted by Gasteiger charge is 2.35. The Bertz CT molecular complexity index is 420. The van der Waals surface area contributed by atoms with Crippen LogP contribution >= 0.6 is 35.7 Å². The van der Waals surface area contributed by atoms with Crippen LogP contribution < -0.4 is 5.32 Å². The number of hydrogen-bond acceptors (Lipinski definition) is 3. The first kappa shape index (κ1) is 22.1. The van der Waals surface area contributed by atoms with Crippen molar-refractivity contribution < 1.29 is 13.2 Å². The first-order valence-electron chi connectivity index (χ1n) is 8.17. The zero-order chi connectivity index (χ0) is 17.0. The van der Waals surface area contributed by atoms with E-state index in [-0.39, 0.29) is 30.0 Å². The molecular formula is C15H28F3IN4S. The van der Waals surface area contributed by atoms with Crippen LogP contribution in [0.5, 0.6) is 0 Å². The third-order valence-corrected chi connectivity index (χ3v) is 5.90. The molecule has 0 amide bonds. The normalized spacial score (nSPS) is 26.6. The minimum absolute atomic E-state index is 0. The van der Waals surface area contributed by atoms with Crippen LogP contribution in [0.25, 0.3) is 0 Å². The third-order valence-electron chi connectivity index (χ3n) is 4.36. The molecule has 2 aliphatic rings. The molecule has 2 atom stereocenters. The highest BCUT2D eigenvalue weighted by Crippen LogP contribution is 2.25. The smallest absolute Gasteiger partial charge is 0.352 e. The van der Waals surface area contributed by atoms with Crippen molar-refractivity contribution in [3.63, 3.8) is 0 Å². The molecule has 1 N–H and O–H groups in total. The number of thioether (sulfide) groups is 1. The number of guanidine groups is 1. The predicted octanol–water partition coefficient (Wildman–Crippen LogP) is 2.89.